The summed E-state index contributed by atoms with van der Waals surface area (Å²) in [6, 6.07) is 4.25. The fourth-order valence-corrected chi connectivity index (χ4v) is 1.81. The Labute approximate surface area is 114 Å². The molecule has 2 rings (SSSR count). The summed E-state index contributed by atoms with van der Waals surface area (Å²) in [7, 11) is 0. The zero-order chi connectivity index (χ0) is 13.8. The van der Waals surface area contributed by atoms with Gasteiger partial charge in [0.05, 0.1) is 10.6 Å². The summed E-state index contributed by atoms with van der Waals surface area (Å²) < 4.78 is 5.31. The molecule has 0 fully saturated rings. The van der Waals surface area contributed by atoms with Crippen molar-refractivity contribution in [3.8, 4) is 11.5 Å². The van der Waals surface area contributed by atoms with E-state index >= 15 is 0 Å². The molecule has 0 unspecified atom stereocenters. The van der Waals surface area contributed by atoms with E-state index in [4.69, 9.17) is 16.0 Å². The minimum atomic E-state index is -0.502. The smallest absolute Gasteiger partial charge is 0.271 e. The number of oxazole rings is 1. The monoisotopic (exact) mass is 281 g/mol. The first kappa shape index (κ1) is 13.5. The first-order chi connectivity index (χ1) is 9.10. The topological polar surface area (TPSA) is 81.2 Å². The Hall–Kier alpha value is -1.92. The summed E-state index contributed by atoms with van der Waals surface area (Å²) in [5, 5.41) is 14.2. The molecule has 0 radical (unpaired) electrons. The first-order valence-electron chi connectivity index (χ1n) is 5.70. The van der Waals surface area contributed by atoms with E-state index in [0.29, 0.717) is 18.0 Å². The van der Waals surface area contributed by atoms with Crippen LogP contribution in [0.4, 0.5) is 5.69 Å². The van der Waals surface area contributed by atoms with Gasteiger partial charge < -0.3 is 9.73 Å². The number of benzene rings is 1. The summed E-state index contributed by atoms with van der Waals surface area (Å²) in [6.07, 6.45) is 1.52. The van der Waals surface area contributed by atoms with Crippen molar-refractivity contribution in [2.75, 3.05) is 6.54 Å². The molecule has 1 N–H and O–H groups in total. The molecule has 6 nitrogen and oxygen atoms in total. The molecule has 0 aliphatic heterocycles. The Morgan fingerprint density at radius 3 is 2.95 bits per heavy atom. The minimum absolute atomic E-state index is 0.0890. The molecule has 7 heteroatoms. The Bertz CT molecular complexity index is 598. The first-order valence-corrected chi connectivity index (χ1v) is 6.08. The fraction of sp³-hybridized carbons (Fsp3) is 0.250. The lowest BCUT2D eigenvalue weighted by Gasteiger charge is -1.98. The maximum absolute atomic E-state index is 10.8. The van der Waals surface area contributed by atoms with Crippen molar-refractivity contribution in [2.45, 2.75) is 13.5 Å². The van der Waals surface area contributed by atoms with Crippen molar-refractivity contribution >= 4 is 17.3 Å². The Kier molecular flexibility index (Phi) is 4.13. The predicted molar refractivity (Wildman–Crippen MR) is 71.0 cm³/mol. The number of nitrogens with zero attached hydrogens (tertiary/aromatic N) is 2. The van der Waals surface area contributed by atoms with Crippen molar-refractivity contribution in [1.82, 2.24) is 10.3 Å². The van der Waals surface area contributed by atoms with Gasteiger partial charge in [-0.3, -0.25) is 10.1 Å². The van der Waals surface area contributed by atoms with Crippen LogP contribution >= 0.6 is 11.6 Å². The van der Waals surface area contributed by atoms with Crippen molar-refractivity contribution in [3.05, 3.63) is 45.3 Å². The summed E-state index contributed by atoms with van der Waals surface area (Å²) in [6.45, 7) is 3.40. The molecule has 0 saturated heterocycles. The third-order valence-electron chi connectivity index (χ3n) is 2.45. The Morgan fingerprint density at radius 1 is 1.47 bits per heavy atom. The van der Waals surface area contributed by atoms with Crippen LogP contribution in [0.15, 0.2) is 28.9 Å². The number of halogens is 1. The van der Waals surface area contributed by atoms with Gasteiger partial charge in [0.1, 0.15) is 6.26 Å². The Morgan fingerprint density at radius 2 is 2.26 bits per heavy atom. The molecule has 0 atom stereocenters. The number of nitrogens with one attached hydrogen (secondary N) is 1. The maximum atomic E-state index is 10.8. The molecule has 0 amide bonds. The van der Waals surface area contributed by atoms with E-state index in [1.54, 1.807) is 6.07 Å². The number of non-ortho nitro benzene ring substituents is 1. The van der Waals surface area contributed by atoms with Crippen LogP contribution in [0.25, 0.3) is 11.5 Å². The largest absolute Gasteiger partial charge is 0.444 e. The minimum Gasteiger partial charge on any atom is -0.444 e. The van der Waals surface area contributed by atoms with Crippen LogP contribution in [-0.4, -0.2) is 16.5 Å². The lowest BCUT2D eigenvalue weighted by atomic mass is 10.2. The van der Waals surface area contributed by atoms with Crippen LogP contribution in [0.5, 0.6) is 0 Å². The molecule has 0 aliphatic rings. The quantitative estimate of drug-likeness (QED) is 0.673. The third-order valence-corrected chi connectivity index (χ3v) is 2.67. The molecular formula is C12H12ClN3O3. The molecule has 2 aromatic rings. The van der Waals surface area contributed by atoms with Gasteiger partial charge in [-0.25, -0.2) is 4.98 Å². The molecule has 100 valence electrons. The molecule has 1 heterocycles. The third kappa shape index (κ3) is 3.30. The number of rotatable bonds is 5. The van der Waals surface area contributed by atoms with E-state index in [1.165, 1.54) is 18.4 Å². The SMILES string of the molecule is CCNCc1coc(-c2cc(Cl)cc([N+](=O)[O-])c2)n1. The van der Waals surface area contributed by atoms with Gasteiger partial charge in [-0.2, -0.15) is 0 Å². The lowest BCUT2D eigenvalue weighted by molar-refractivity contribution is -0.384. The molecular weight excluding hydrogens is 270 g/mol. The lowest BCUT2D eigenvalue weighted by Crippen LogP contribution is -2.11. The van der Waals surface area contributed by atoms with Crippen molar-refractivity contribution in [3.63, 3.8) is 0 Å². The second kappa shape index (κ2) is 5.81. The van der Waals surface area contributed by atoms with Gasteiger partial charge in [-0.1, -0.05) is 18.5 Å². The summed E-state index contributed by atoms with van der Waals surface area (Å²) in [4.78, 5) is 14.5. The number of nitro benzene ring substituents is 1. The van der Waals surface area contributed by atoms with E-state index < -0.39 is 4.92 Å². The van der Waals surface area contributed by atoms with Gasteiger partial charge in [0.2, 0.25) is 5.89 Å². The summed E-state index contributed by atoms with van der Waals surface area (Å²) in [5.41, 5.74) is 1.13. The van der Waals surface area contributed by atoms with Gasteiger partial charge in [0.25, 0.3) is 5.69 Å². The highest BCUT2D eigenvalue weighted by molar-refractivity contribution is 6.31. The van der Waals surface area contributed by atoms with Crippen LogP contribution in [0, 0.1) is 10.1 Å². The number of aromatic nitrogens is 1. The molecule has 0 saturated carbocycles. The van der Waals surface area contributed by atoms with E-state index in [1.807, 2.05) is 6.92 Å². The van der Waals surface area contributed by atoms with E-state index in [9.17, 15) is 10.1 Å². The van der Waals surface area contributed by atoms with Gasteiger partial charge in [-0.05, 0) is 12.6 Å². The molecule has 1 aromatic carbocycles. The number of hydrogen-bond acceptors (Lipinski definition) is 5. The average Bonchev–Trinajstić information content (AvgIpc) is 2.84. The predicted octanol–water partition coefficient (Wildman–Crippen LogP) is 3.01. The van der Waals surface area contributed by atoms with Gasteiger partial charge >= 0.3 is 0 Å². The van der Waals surface area contributed by atoms with Crippen LogP contribution in [0.3, 0.4) is 0 Å². The highest BCUT2D eigenvalue weighted by Gasteiger charge is 2.13. The van der Waals surface area contributed by atoms with Gasteiger partial charge in [-0.15, -0.1) is 0 Å². The van der Waals surface area contributed by atoms with E-state index in [2.05, 4.69) is 10.3 Å². The molecule has 0 spiro atoms. The zero-order valence-corrected chi connectivity index (χ0v) is 11.0. The van der Waals surface area contributed by atoms with E-state index in [0.717, 1.165) is 12.2 Å². The number of hydrogen-bond donors (Lipinski definition) is 1. The highest BCUT2D eigenvalue weighted by Crippen LogP contribution is 2.27. The van der Waals surface area contributed by atoms with Crippen molar-refractivity contribution in [1.29, 1.82) is 0 Å². The van der Waals surface area contributed by atoms with Crippen molar-refractivity contribution in [2.24, 2.45) is 0 Å². The van der Waals surface area contributed by atoms with Gasteiger partial charge in [0, 0.05) is 29.3 Å². The molecule has 19 heavy (non-hydrogen) atoms. The normalized spacial score (nSPS) is 10.6. The summed E-state index contributed by atoms with van der Waals surface area (Å²) in [5.74, 6) is 0.318. The highest BCUT2D eigenvalue weighted by atomic mass is 35.5. The number of nitro groups is 1. The van der Waals surface area contributed by atoms with Crippen molar-refractivity contribution < 1.29 is 9.34 Å². The van der Waals surface area contributed by atoms with E-state index in [-0.39, 0.29) is 10.7 Å². The zero-order valence-electron chi connectivity index (χ0n) is 10.2. The average molecular weight is 282 g/mol. The standard InChI is InChI=1S/C12H12ClN3O3/c1-2-14-6-10-7-19-12(15-10)8-3-9(13)5-11(4-8)16(17)18/h3-5,7,14H,2,6H2,1H3. The van der Waals surface area contributed by atoms with Crippen LogP contribution in [-0.2, 0) is 6.54 Å². The summed E-state index contributed by atoms with van der Waals surface area (Å²) >= 11 is 5.85. The maximum Gasteiger partial charge on any atom is 0.271 e. The van der Waals surface area contributed by atoms with Crippen LogP contribution in [0.2, 0.25) is 5.02 Å². The van der Waals surface area contributed by atoms with Crippen LogP contribution < -0.4 is 5.32 Å². The molecule has 0 bridgehead atoms. The molecule has 1 aromatic heterocycles. The second-order valence-electron chi connectivity index (χ2n) is 3.88. The fourth-order valence-electron chi connectivity index (χ4n) is 1.58. The Balaban J connectivity index is 2.30. The van der Waals surface area contributed by atoms with Gasteiger partial charge in [0.15, 0.2) is 0 Å². The molecule has 0 aliphatic carbocycles. The second-order valence-corrected chi connectivity index (χ2v) is 4.32. The van der Waals surface area contributed by atoms with Crippen LogP contribution in [0.1, 0.15) is 12.6 Å².